The summed E-state index contributed by atoms with van der Waals surface area (Å²) in [7, 11) is -3.61. The SMILES string of the molecule is O=S(=O)(c1cccc(Nc2ncc3cccc(-c4ccc(NCCN5CCCC5)nc4)c3n2)c1)N1CCOCC1. The van der Waals surface area contributed by atoms with Crippen molar-refractivity contribution in [2.24, 2.45) is 0 Å². The number of likely N-dealkylation sites (tertiary alicyclic amines) is 1. The molecule has 4 heterocycles. The Morgan fingerprint density at radius 1 is 0.900 bits per heavy atom. The highest BCUT2D eigenvalue weighted by atomic mass is 32.2. The van der Waals surface area contributed by atoms with Gasteiger partial charge >= 0.3 is 0 Å². The first-order chi connectivity index (χ1) is 19.6. The molecule has 4 aromatic rings. The van der Waals surface area contributed by atoms with E-state index in [-0.39, 0.29) is 4.90 Å². The number of morpholine rings is 1. The molecular weight excluding hydrogens is 526 g/mol. The Morgan fingerprint density at radius 2 is 1.73 bits per heavy atom. The van der Waals surface area contributed by atoms with E-state index in [1.165, 1.54) is 30.2 Å². The largest absolute Gasteiger partial charge is 0.379 e. The predicted molar refractivity (Wildman–Crippen MR) is 156 cm³/mol. The van der Waals surface area contributed by atoms with Crippen molar-refractivity contribution in [3.05, 3.63) is 67.0 Å². The maximum Gasteiger partial charge on any atom is 0.243 e. The van der Waals surface area contributed by atoms with E-state index in [0.717, 1.165) is 40.9 Å². The summed E-state index contributed by atoms with van der Waals surface area (Å²) in [4.78, 5) is 16.6. The van der Waals surface area contributed by atoms with Crippen LogP contribution in [0.2, 0.25) is 0 Å². The first kappa shape index (κ1) is 26.6. The number of ether oxygens (including phenoxy) is 1. The number of anilines is 3. The standard InChI is InChI=1S/C29H33N7O3S/c37-40(38,36-15-17-39-18-16-36)25-7-4-6-24(19-25)33-29-32-21-23-5-3-8-26(28(23)34-29)22-9-10-27(31-20-22)30-11-14-35-12-1-2-13-35/h3-10,19-21H,1-2,11-18H2,(H,30,31)(H,32,33,34). The smallest absolute Gasteiger partial charge is 0.243 e. The predicted octanol–water partition coefficient (Wildman–Crippen LogP) is 3.96. The van der Waals surface area contributed by atoms with Crippen LogP contribution in [0.25, 0.3) is 22.0 Å². The van der Waals surface area contributed by atoms with Crippen molar-refractivity contribution in [1.82, 2.24) is 24.2 Å². The monoisotopic (exact) mass is 559 g/mol. The third kappa shape index (κ3) is 5.92. The van der Waals surface area contributed by atoms with Crippen LogP contribution in [0, 0.1) is 0 Å². The van der Waals surface area contributed by atoms with Crippen molar-refractivity contribution < 1.29 is 13.2 Å². The molecule has 2 aromatic heterocycles. The Kier molecular flexibility index (Phi) is 7.87. The van der Waals surface area contributed by atoms with Gasteiger partial charge in [-0.25, -0.2) is 23.4 Å². The lowest BCUT2D eigenvalue weighted by Gasteiger charge is -2.26. The number of rotatable bonds is 9. The van der Waals surface area contributed by atoms with Gasteiger partial charge in [0.25, 0.3) is 0 Å². The van der Waals surface area contributed by atoms with Crippen LogP contribution in [0.4, 0.5) is 17.5 Å². The van der Waals surface area contributed by atoms with Crippen LogP contribution in [-0.2, 0) is 14.8 Å². The molecule has 0 saturated carbocycles. The first-order valence-corrected chi connectivity index (χ1v) is 15.1. The number of nitrogens with zero attached hydrogens (tertiary/aromatic N) is 5. The summed E-state index contributed by atoms with van der Waals surface area (Å²) in [5.41, 5.74) is 3.28. The molecule has 0 spiro atoms. The maximum absolute atomic E-state index is 13.1. The van der Waals surface area contributed by atoms with E-state index >= 15 is 0 Å². The summed E-state index contributed by atoms with van der Waals surface area (Å²) in [6.45, 7) is 5.77. The fourth-order valence-corrected chi connectivity index (χ4v) is 6.61. The highest BCUT2D eigenvalue weighted by Crippen LogP contribution is 2.29. The van der Waals surface area contributed by atoms with E-state index < -0.39 is 10.0 Å². The second kappa shape index (κ2) is 11.8. The van der Waals surface area contributed by atoms with E-state index in [2.05, 4.69) is 31.6 Å². The zero-order valence-electron chi connectivity index (χ0n) is 22.3. The number of para-hydroxylation sites is 1. The molecule has 0 radical (unpaired) electrons. The van der Waals surface area contributed by atoms with E-state index in [0.29, 0.717) is 37.9 Å². The van der Waals surface area contributed by atoms with Crippen molar-refractivity contribution in [3.63, 3.8) is 0 Å². The molecule has 2 saturated heterocycles. The molecule has 6 rings (SSSR count). The Balaban J connectivity index is 1.19. The molecule has 2 aliphatic heterocycles. The molecular formula is C29H33N7O3S. The van der Waals surface area contributed by atoms with Crippen molar-refractivity contribution in [2.45, 2.75) is 17.7 Å². The quantitative estimate of drug-likeness (QED) is 0.315. The normalized spacial score (nSPS) is 16.8. The van der Waals surface area contributed by atoms with Crippen LogP contribution in [-0.4, -0.2) is 85.1 Å². The van der Waals surface area contributed by atoms with Crippen LogP contribution in [0.15, 0.2) is 71.9 Å². The molecule has 0 atom stereocenters. The van der Waals surface area contributed by atoms with Gasteiger partial charge in [0.2, 0.25) is 16.0 Å². The highest BCUT2D eigenvalue weighted by Gasteiger charge is 2.26. The molecule has 11 heteroatoms. The lowest BCUT2D eigenvalue weighted by molar-refractivity contribution is 0.0730. The van der Waals surface area contributed by atoms with E-state index in [1.54, 1.807) is 30.5 Å². The first-order valence-electron chi connectivity index (χ1n) is 13.7. The average Bonchev–Trinajstić information content (AvgIpc) is 3.52. The maximum atomic E-state index is 13.1. The summed E-state index contributed by atoms with van der Waals surface area (Å²) < 4.78 is 33.0. The fourth-order valence-electron chi connectivity index (χ4n) is 5.15. The van der Waals surface area contributed by atoms with Crippen molar-refractivity contribution >= 4 is 38.4 Å². The molecule has 2 fully saturated rings. The zero-order chi connectivity index (χ0) is 27.4. The molecule has 40 heavy (non-hydrogen) atoms. The molecule has 2 N–H and O–H groups in total. The molecule has 10 nitrogen and oxygen atoms in total. The van der Waals surface area contributed by atoms with Crippen molar-refractivity contribution in [3.8, 4) is 11.1 Å². The van der Waals surface area contributed by atoms with Crippen LogP contribution in [0.1, 0.15) is 12.8 Å². The van der Waals surface area contributed by atoms with Crippen molar-refractivity contribution in [2.75, 3.05) is 63.1 Å². The molecule has 2 aromatic carbocycles. The minimum atomic E-state index is -3.61. The van der Waals surface area contributed by atoms with Gasteiger partial charge in [-0.1, -0.05) is 24.3 Å². The summed E-state index contributed by atoms with van der Waals surface area (Å²) in [6, 6.07) is 16.8. The van der Waals surface area contributed by atoms with Gasteiger partial charge in [0.1, 0.15) is 5.82 Å². The van der Waals surface area contributed by atoms with Gasteiger partial charge in [0, 0.05) is 60.8 Å². The van der Waals surface area contributed by atoms with Crippen LogP contribution >= 0.6 is 0 Å². The van der Waals surface area contributed by atoms with Crippen LogP contribution in [0.3, 0.4) is 0 Å². The van der Waals surface area contributed by atoms with Gasteiger partial charge < -0.3 is 20.3 Å². The Morgan fingerprint density at radius 3 is 2.52 bits per heavy atom. The lowest BCUT2D eigenvalue weighted by atomic mass is 10.0. The molecule has 2 aliphatic rings. The second-order valence-electron chi connectivity index (χ2n) is 10.0. The summed E-state index contributed by atoms with van der Waals surface area (Å²) in [5, 5.41) is 7.51. The molecule has 0 amide bonds. The van der Waals surface area contributed by atoms with E-state index in [1.807, 2.05) is 30.5 Å². The van der Waals surface area contributed by atoms with Gasteiger partial charge in [0.05, 0.1) is 23.6 Å². The van der Waals surface area contributed by atoms with Crippen LogP contribution < -0.4 is 10.6 Å². The van der Waals surface area contributed by atoms with Crippen LogP contribution in [0.5, 0.6) is 0 Å². The second-order valence-corrected chi connectivity index (χ2v) is 12.0. The lowest BCUT2D eigenvalue weighted by Crippen LogP contribution is -2.40. The summed E-state index contributed by atoms with van der Waals surface area (Å²) in [5.74, 6) is 1.24. The molecule has 0 aliphatic carbocycles. The number of aromatic nitrogens is 3. The van der Waals surface area contributed by atoms with E-state index in [4.69, 9.17) is 9.72 Å². The van der Waals surface area contributed by atoms with Gasteiger partial charge in [-0.15, -0.1) is 0 Å². The Hall–Kier alpha value is -3.64. The van der Waals surface area contributed by atoms with Gasteiger partial charge in [-0.2, -0.15) is 4.31 Å². The molecule has 208 valence electrons. The van der Waals surface area contributed by atoms with E-state index in [9.17, 15) is 8.42 Å². The number of benzene rings is 2. The third-order valence-corrected chi connectivity index (χ3v) is 9.21. The topological polar surface area (TPSA) is 113 Å². The number of sulfonamides is 1. The minimum Gasteiger partial charge on any atom is -0.379 e. The number of pyridine rings is 1. The summed E-state index contributed by atoms with van der Waals surface area (Å²) in [6.07, 6.45) is 6.22. The molecule has 0 bridgehead atoms. The van der Waals surface area contributed by atoms with Gasteiger partial charge in [-0.3, -0.25) is 0 Å². The highest BCUT2D eigenvalue weighted by molar-refractivity contribution is 7.89. The fraction of sp³-hybridized carbons (Fsp3) is 0.345. The third-order valence-electron chi connectivity index (χ3n) is 7.32. The number of hydrogen-bond donors (Lipinski definition) is 2. The number of fused-ring (bicyclic) bond motifs is 1. The Bertz CT molecular complexity index is 1570. The Labute approximate surface area is 234 Å². The molecule has 0 unspecified atom stereocenters. The van der Waals surface area contributed by atoms with Gasteiger partial charge in [0.15, 0.2) is 0 Å². The number of nitrogens with one attached hydrogen (secondary N) is 2. The van der Waals surface area contributed by atoms with Crippen molar-refractivity contribution in [1.29, 1.82) is 0 Å². The number of hydrogen-bond acceptors (Lipinski definition) is 9. The minimum absolute atomic E-state index is 0.223. The summed E-state index contributed by atoms with van der Waals surface area (Å²) >= 11 is 0. The van der Waals surface area contributed by atoms with Gasteiger partial charge in [-0.05, 0) is 56.3 Å². The average molecular weight is 560 g/mol. The zero-order valence-corrected chi connectivity index (χ0v) is 23.1.